The van der Waals surface area contributed by atoms with Crippen LogP contribution in [0.15, 0.2) is 72.8 Å². The Balaban J connectivity index is 1.78. The van der Waals surface area contributed by atoms with E-state index in [4.69, 9.17) is 14.6 Å². The average molecular weight is 423 g/mol. The first kappa shape index (κ1) is 22.3. The van der Waals surface area contributed by atoms with Gasteiger partial charge in [0.25, 0.3) is 0 Å². The number of aryl methyl sites for hydroxylation is 1. The predicted octanol–water partition coefficient (Wildman–Crippen LogP) is 5.45. The largest absolute Gasteiger partial charge is 0.486 e. The van der Waals surface area contributed by atoms with Crippen LogP contribution in [0.3, 0.4) is 0 Å². The number of halogens is 1. The Morgan fingerprint density at radius 2 is 1.74 bits per heavy atom. The van der Waals surface area contributed by atoms with E-state index in [2.05, 4.69) is 0 Å². The normalized spacial score (nSPS) is 11.9. The molecule has 0 heterocycles. The molecule has 1 unspecified atom stereocenters. The second-order valence-corrected chi connectivity index (χ2v) is 7.42. The van der Waals surface area contributed by atoms with Crippen LogP contribution in [0.1, 0.15) is 23.7 Å². The number of ether oxygens (including phenoxy) is 2. The number of nitrogens with zero attached hydrogens (tertiary/aromatic N) is 1. The number of aliphatic carboxylic acids is 1. The summed E-state index contributed by atoms with van der Waals surface area (Å²) in [5.74, 6) is 0.826. The number of para-hydroxylation sites is 1. The van der Waals surface area contributed by atoms with Crippen LogP contribution in [0, 0.1) is 12.7 Å². The van der Waals surface area contributed by atoms with E-state index >= 15 is 0 Å². The molecule has 0 saturated carbocycles. The van der Waals surface area contributed by atoms with Gasteiger partial charge in [-0.05, 0) is 55.4 Å². The SMILES string of the molecule is Cc1ccc(OC(CCN(C)CC(=O)O)c2ccc(F)cc2)cc1Oc1ccccc1. The van der Waals surface area contributed by atoms with Gasteiger partial charge in [-0.1, -0.05) is 36.4 Å². The molecule has 0 aromatic heterocycles. The highest BCUT2D eigenvalue weighted by atomic mass is 19.1. The Labute approximate surface area is 181 Å². The van der Waals surface area contributed by atoms with Crippen molar-refractivity contribution < 1.29 is 23.8 Å². The fourth-order valence-electron chi connectivity index (χ4n) is 3.16. The van der Waals surface area contributed by atoms with Gasteiger partial charge < -0.3 is 14.6 Å². The van der Waals surface area contributed by atoms with E-state index in [0.717, 1.165) is 16.9 Å². The molecule has 0 aliphatic carbocycles. The van der Waals surface area contributed by atoms with Gasteiger partial charge >= 0.3 is 5.97 Å². The molecule has 6 heteroatoms. The van der Waals surface area contributed by atoms with Crippen LogP contribution in [0.5, 0.6) is 17.2 Å². The van der Waals surface area contributed by atoms with Crippen molar-refractivity contribution in [3.8, 4) is 17.2 Å². The lowest BCUT2D eigenvalue weighted by Crippen LogP contribution is -2.28. The van der Waals surface area contributed by atoms with Crippen molar-refractivity contribution in [3.63, 3.8) is 0 Å². The summed E-state index contributed by atoms with van der Waals surface area (Å²) in [5, 5.41) is 8.98. The third-order valence-electron chi connectivity index (χ3n) is 4.83. The standard InChI is InChI=1S/C25H26FNO4/c1-18-8-13-22(16-24(18)30-21-6-4-3-5-7-21)31-23(14-15-27(2)17-25(28)29)19-9-11-20(26)12-10-19/h3-13,16,23H,14-15,17H2,1-2H3,(H,28,29). The Morgan fingerprint density at radius 1 is 1.03 bits per heavy atom. The molecule has 31 heavy (non-hydrogen) atoms. The summed E-state index contributed by atoms with van der Waals surface area (Å²) in [5.41, 5.74) is 1.78. The minimum atomic E-state index is -0.886. The number of hydrogen-bond donors (Lipinski definition) is 1. The summed E-state index contributed by atoms with van der Waals surface area (Å²) in [7, 11) is 1.74. The summed E-state index contributed by atoms with van der Waals surface area (Å²) in [4.78, 5) is 12.7. The predicted molar refractivity (Wildman–Crippen MR) is 117 cm³/mol. The number of benzene rings is 3. The summed E-state index contributed by atoms with van der Waals surface area (Å²) in [6, 6.07) is 21.3. The van der Waals surface area contributed by atoms with E-state index < -0.39 is 5.97 Å². The Kier molecular flexibility index (Phi) is 7.62. The Hall–Kier alpha value is -3.38. The maximum Gasteiger partial charge on any atom is 0.317 e. The van der Waals surface area contributed by atoms with E-state index in [1.165, 1.54) is 12.1 Å². The van der Waals surface area contributed by atoms with Crippen molar-refractivity contribution in [2.75, 3.05) is 20.1 Å². The first-order valence-corrected chi connectivity index (χ1v) is 10.1. The van der Waals surface area contributed by atoms with Crippen molar-refractivity contribution in [3.05, 3.63) is 89.7 Å². The monoisotopic (exact) mass is 423 g/mol. The topological polar surface area (TPSA) is 59.0 Å². The molecule has 1 atom stereocenters. The highest BCUT2D eigenvalue weighted by molar-refractivity contribution is 5.69. The summed E-state index contributed by atoms with van der Waals surface area (Å²) < 4.78 is 25.7. The molecule has 0 spiro atoms. The van der Waals surface area contributed by atoms with E-state index in [9.17, 15) is 9.18 Å². The van der Waals surface area contributed by atoms with Crippen LogP contribution in [0.4, 0.5) is 4.39 Å². The first-order chi connectivity index (χ1) is 14.9. The number of carboxylic acids is 1. The molecule has 3 aromatic carbocycles. The van der Waals surface area contributed by atoms with Gasteiger partial charge in [0, 0.05) is 19.0 Å². The number of hydrogen-bond acceptors (Lipinski definition) is 4. The van der Waals surface area contributed by atoms with Crippen molar-refractivity contribution >= 4 is 5.97 Å². The molecule has 5 nitrogen and oxygen atoms in total. The van der Waals surface area contributed by atoms with Gasteiger partial charge in [0.1, 0.15) is 29.2 Å². The van der Waals surface area contributed by atoms with E-state index in [1.54, 1.807) is 24.1 Å². The van der Waals surface area contributed by atoms with E-state index in [-0.39, 0.29) is 18.5 Å². The van der Waals surface area contributed by atoms with Crippen molar-refractivity contribution in [1.82, 2.24) is 4.90 Å². The molecular formula is C25H26FNO4. The van der Waals surface area contributed by atoms with Gasteiger partial charge in [-0.15, -0.1) is 0 Å². The van der Waals surface area contributed by atoms with Gasteiger partial charge in [-0.2, -0.15) is 0 Å². The molecule has 3 aromatic rings. The first-order valence-electron chi connectivity index (χ1n) is 10.1. The second kappa shape index (κ2) is 10.6. The minimum absolute atomic E-state index is 0.0598. The van der Waals surface area contributed by atoms with Gasteiger partial charge in [-0.3, -0.25) is 9.69 Å². The van der Waals surface area contributed by atoms with Gasteiger partial charge in [-0.25, -0.2) is 4.39 Å². The van der Waals surface area contributed by atoms with Crippen LogP contribution in [-0.2, 0) is 4.79 Å². The summed E-state index contributed by atoms with van der Waals surface area (Å²) >= 11 is 0. The maximum atomic E-state index is 13.4. The summed E-state index contributed by atoms with van der Waals surface area (Å²) in [6.07, 6.45) is 0.169. The number of likely N-dealkylation sites (N-methyl/N-ethyl adjacent to an activating group) is 1. The third-order valence-corrected chi connectivity index (χ3v) is 4.83. The van der Waals surface area contributed by atoms with Crippen LogP contribution < -0.4 is 9.47 Å². The van der Waals surface area contributed by atoms with Crippen LogP contribution in [0.25, 0.3) is 0 Å². The molecule has 0 bridgehead atoms. The highest BCUT2D eigenvalue weighted by Gasteiger charge is 2.17. The lowest BCUT2D eigenvalue weighted by molar-refractivity contribution is -0.138. The van der Waals surface area contributed by atoms with Crippen molar-refractivity contribution in [1.29, 1.82) is 0 Å². The van der Waals surface area contributed by atoms with Gasteiger partial charge in [0.2, 0.25) is 0 Å². The zero-order chi connectivity index (χ0) is 22.2. The second-order valence-electron chi connectivity index (χ2n) is 7.42. The number of carbonyl (C=O) groups is 1. The number of carboxylic acid groups (broad SMARTS) is 1. The van der Waals surface area contributed by atoms with Crippen LogP contribution in [0.2, 0.25) is 0 Å². The Morgan fingerprint density at radius 3 is 2.42 bits per heavy atom. The molecule has 0 aliphatic heterocycles. The zero-order valence-corrected chi connectivity index (χ0v) is 17.6. The third kappa shape index (κ3) is 6.83. The minimum Gasteiger partial charge on any atom is -0.486 e. The van der Waals surface area contributed by atoms with Crippen molar-refractivity contribution in [2.45, 2.75) is 19.4 Å². The number of rotatable bonds is 10. The van der Waals surface area contributed by atoms with Gasteiger partial charge in [0.15, 0.2) is 0 Å². The molecule has 0 aliphatic rings. The smallest absolute Gasteiger partial charge is 0.317 e. The molecule has 0 amide bonds. The quantitative estimate of drug-likeness (QED) is 0.470. The van der Waals surface area contributed by atoms with Crippen molar-refractivity contribution in [2.24, 2.45) is 0 Å². The van der Waals surface area contributed by atoms with E-state index in [0.29, 0.717) is 24.5 Å². The van der Waals surface area contributed by atoms with Crippen LogP contribution >= 0.6 is 0 Å². The Bertz CT molecular complexity index is 992. The average Bonchev–Trinajstić information content (AvgIpc) is 2.74. The lowest BCUT2D eigenvalue weighted by Gasteiger charge is -2.23. The fourth-order valence-corrected chi connectivity index (χ4v) is 3.16. The molecule has 1 N–H and O–H groups in total. The highest BCUT2D eigenvalue weighted by Crippen LogP contribution is 2.32. The molecule has 0 radical (unpaired) electrons. The molecule has 0 fully saturated rings. The molecule has 162 valence electrons. The van der Waals surface area contributed by atoms with E-state index in [1.807, 2.05) is 55.5 Å². The lowest BCUT2D eigenvalue weighted by atomic mass is 10.1. The van der Waals surface area contributed by atoms with Gasteiger partial charge in [0.05, 0.1) is 6.54 Å². The molecule has 0 saturated heterocycles. The molecular weight excluding hydrogens is 397 g/mol. The fraction of sp³-hybridized carbons (Fsp3) is 0.240. The zero-order valence-electron chi connectivity index (χ0n) is 17.6. The molecule has 3 rings (SSSR count). The maximum absolute atomic E-state index is 13.4. The van der Waals surface area contributed by atoms with Crippen LogP contribution in [-0.4, -0.2) is 36.1 Å². The summed E-state index contributed by atoms with van der Waals surface area (Å²) in [6.45, 7) is 2.41.